The van der Waals surface area contributed by atoms with Crippen molar-refractivity contribution in [3.8, 4) is 0 Å². The van der Waals surface area contributed by atoms with Crippen LogP contribution in [0.15, 0.2) is 0 Å². The molecule has 252 valence electrons. The lowest BCUT2D eigenvalue weighted by atomic mass is 10.0. The van der Waals surface area contributed by atoms with Gasteiger partial charge < -0.3 is 5.32 Å². The van der Waals surface area contributed by atoms with E-state index in [1.165, 1.54) is 205 Å². The highest BCUT2D eigenvalue weighted by Crippen LogP contribution is 2.16. The zero-order valence-electron chi connectivity index (χ0n) is 29.7. The van der Waals surface area contributed by atoms with Gasteiger partial charge in [-0.25, -0.2) is 0 Å². The van der Waals surface area contributed by atoms with Gasteiger partial charge in [0.25, 0.3) is 0 Å². The van der Waals surface area contributed by atoms with Crippen LogP contribution >= 0.6 is 0 Å². The van der Waals surface area contributed by atoms with E-state index >= 15 is 0 Å². The maximum atomic E-state index is 12.3. The molecule has 1 unspecified atom stereocenters. The van der Waals surface area contributed by atoms with Crippen molar-refractivity contribution in [3.63, 3.8) is 0 Å². The third kappa shape index (κ3) is 35.7. The Kier molecular flexibility index (Phi) is 36.2. The van der Waals surface area contributed by atoms with Gasteiger partial charge in [0.05, 0.1) is 0 Å². The van der Waals surface area contributed by atoms with E-state index in [0.717, 1.165) is 19.3 Å². The monoisotopic (exact) mass is 592 g/mol. The molecule has 2 heteroatoms. The van der Waals surface area contributed by atoms with Crippen molar-refractivity contribution in [2.75, 3.05) is 0 Å². The largest absolute Gasteiger partial charge is 0.354 e. The zero-order valence-corrected chi connectivity index (χ0v) is 29.7. The van der Waals surface area contributed by atoms with Gasteiger partial charge in [-0.2, -0.15) is 0 Å². The fourth-order valence-corrected chi connectivity index (χ4v) is 6.43. The Morgan fingerprint density at radius 3 is 0.905 bits per heavy atom. The second-order valence-corrected chi connectivity index (χ2v) is 14.0. The minimum atomic E-state index is 0.278. The Morgan fingerprint density at radius 2 is 0.619 bits per heavy atom. The SMILES string of the molecule is CCCCCCCCCCCCCCCCCCCCCC(=O)NC(C)CCCCCCCCCCCCCCCC. The smallest absolute Gasteiger partial charge is 0.220 e. The van der Waals surface area contributed by atoms with E-state index in [-0.39, 0.29) is 5.91 Å². The summed E-state index contributed by atoms with van der Waals surface area (Å²) in [5.41, 5.74) is 0. The Bertz CT molecular complexity index is 504. The Hall–Kier alpha value is -0.530. The number of unbranched alkanes of at least 4 members (excludes halogenated alkanes) is 31. The fraction of sp³-hybridized carbons (Fsp3) is 0.975. The molecule has 0 heterocycles. The quantitative estimate of drug-likeness (QED) is 0.0721. The lowest BCUT2D eigenvalue weighted by Crippen LogP contribution is -2.32. The topological polar surface area (TPSA) is 29.1 Å². The van der Waals surface area contributed by atoms with Crippen molar-refractivity contribution in [1.82, 2.24) is 5.32 Å². The molecule has 0 aromatic heterocycles. The summed E-state index contributed by atoms with van der Waals surface area (Å²) in [6, 6.07) is 0.343. The molecule has 0 radical (unpaired) electrons. The molecule has 1 atom stereocenters. The number of amides is 1. The van der Waals surface area contributed by atoms with Crippen LogP contribution < -0.4 is 5.32 Å². The van der Waals surface area contributed by atoms with E-state index in [0.29, 0.717) is 6.04 Å². The second-order valence-electron chi connectivity index (χ2n) is 14.0. The first kappa shape index (κ1) is 41.5. The van der Waals surface area contributed by atoms with Crippen molar-refractivity contribution < 1.29 is 4.79 Å². The molecule has 0 aliphatic carbocycles. The summed E-state index contributed by atoms with van der Waals surface area (Å²) in [7, 11) is 0. The first-order valence-corrected chi connectivity index (χ1v) is 20.0. The number of hydrogen-bond acceptors (Lipinski definition) is 1. The summed E-state index contributed by atoms with van der Waals surface area (Å²) >= 11 is 0. The van der Waals surface area contributed by atoms with E-state index in [1.54, 1.807) is 0 Å². The molecule has 1 N–H and O–H groups in total. The molecular weight excluding hydrogens is 510 g/mol. The van der Waals surface area contributed by atoms with Gasteiger partial charge in [0.1, 0.15) is 0 Å². The van der Waals surface area contributed by atoms with Crippen LogP contribution in [-0.2, 0) is 4.79 Å². The molecule has 0 aromatic rings. The summed E-state index contributed by atoms with van der Waals surface area (Å²) in [5.74, 6) is 0.278. The van der Waals surface area contributed by atoms with Crippen LogP contribution in [0.25, 0.3) is 0 Å². The molecule has 0 fully saturated rings. The van der Waals surface area contributed by atoms with Gasteiger partial charge in [0, 0.05) is 12.5 Å². The minimum absolute atomic E-state index is 0.278. The summed E-state index contributed by atoms with van der Waals surface area (Å²) < 4.78 is 0. The maximum absolute atomic E-state index is 12.3. The molecule has 0 bridgehead atoms. The normalized spacial score (nSPS) is 12.2. The summed E-state index contributed by atoms with van der Waals surface area (Å²) in [6.45, 7) is 6.78. The molecule has 0 aliphatic rings. The van der Waals surface area contributed by atoms with E-state index in [1.807, 2.05) is 0 Å². The highest BCUT2D eigenvalue weighted by Gasteiger charge is 2.07. The van der Waals surface area contributed by atoms with Crippen LogP contribution in [0.1, 0.15) is 245 Å². The van der Waals surface area contributed by atoms with Crippen LogP contribution in [0.2, 0.25) is 0 Å². The number of nitrogens with one attached hydrogen (secondary N) is 1. The van der Waals surface area contributed by atoms with Gasteiger partial charge in [-0.15, -0.1) is 0 Å². The van der Waals surface area contributed by atoms with Gasteiger partial charge in [0.2, 0.25) is 5.91 Å². The summed E-state index contributed by atoms with van der Waals surface area (Å²) in [4.78, 5) is 12.3. The van der Waals surface area contributed by atoms with E-state index < -0.39 is 0 Å². The lowest BCUT2D eigenvalue weighted by Gasteiger charge is -2.13. The Labute approximate surface area is 267 Å². The molecule has 0 saturated heterocycles. The Morgan fingerprint density at radius 1 is 0.381 bits per heavy atom. The molecule has 0 spiro atoms. The highest BCUT2D eigenvalue weighted by atomic mass is 16.1. The van der Waals surface area contributed by atoms with Crippen molar-refractivity contribution >= 4 is 5.91 Å². The van der Waals surface area contributed by atoms with E-state index in [2.05, 4.69) is 26.1 Å². The molecule has 1 amide bonds. The molecule has 2 nitrogen and oxygen atoms in total. The van der Waals surface area contributed by atoms with Crippen molar-refractivity contribution in [1.29, 1.82) is 0 Å². The predicted octanol–water partition coefficient (Wildman–Crippen LogP) is 14.2. The molecule has 0 rings (SSSR count). The molecule has 0 aromatic carbocycles. The van der Waals surface area contributed by atoms with Crippen LogP contribution in [0, 0.1) is 0 Å². The van der Waals surface area contributed by atoms with Gasteiger partial charge in [0.15, 0.2) is 0 Å². The van der Waals surface area contributed by atoms with Gasteiger partial charge in [-0.3, -0.25) is 4.79 Å². The lowest BCUT2D eigenvalue weighted by molar-refractivity contribution is -0.121. The number of carbonyl (C=O) groups excluding carboxylic acids is 1. The third-order valence-electron chi connectivity index (χ3n) is 9.41. The molecule has 42 heavy (non-hydrogen) atoms. The van der Waals surface area contributed by atoms with Crippen LogP contribution in [0.4, 0.5) is 0 Å². The van der Waals surface area contributed by atoms with Crippen molar-refractivity contribution in [3.05, 3.63) is 0 Å². The summed E-state index contributed by atoms with van der Waals surface area (Å²) in [6.07, 6.45) is 48.1. The Balaban J connectivity index is 3.25. The zero-order chi connectivity index (χ0) is 30.6. The first-order chi connectivity index (χ1) is 20.7. The number of rotatable bonds is 36. The second kappa shape index (κ2) is 36.7. The van der Waals surface area contributed by atoms with Crippen LogP contribution in [-0.4, -0.2) is 11.9 Å². The van der Waals surface area contributed by atoms with Crippen molar-refractivity contribution in [2.24, 2.45) is 0 Å². The minimum Gasteiger partial charge on any atom is -0.354 e. The van der Waals surface area contributed by atoms with E-state index in [4.69, 9.17) is 0 Å². The summed E-state index contributed by atoms with van der Waals surface area (Å²) in [5, 5.41) is 3.25. The highest BCUT2D eigenvalue weighted by molar-refractivity contribution is 5.76. The standard InChI is InChI=1S/C40H81NO/c1-4-6-8-10-12-14-16-18-20-21-22-23-24-26-28-30-32-34-36-38-40(42)41-39(3)37-35-33-31-29-27-25-19-17-15-13-11-9-7-5-2/h39H,4-38H2,1-3H3,(H,41,42). The van der Waals surface area contributed by atoms with Crippen LogP contribution in [0.3, 0.4) is 0 Å². The number of hydrogen-bond donors (Lipinski definition) is 1. The van der Waals surface area contributed by atoms with Gasteiger partial charge in [-0.1, -0.05) is 219 Å². The predicted molar refractivity (Wildman–Crippen MR) is 191 cm³/mol. The average Bonchev–Trinajstić information content (AvgIpc) is 2.98. The van der Waals surface area contributed by atoms with Crippen molar-refractivity contribution in [2.45, 2.75) is 252 Å². The third-order valence-corrected chi connectivity index (χ3v) is 9.41. The first-order valence-electron chi connectivity index (χ1n) is 20.0. The molecular formula is C40H81NO. The van der Waals surface area contributed by atoms with Gasteiger partial charge >= 0.3 is 0 Å². The molecule has 0 saturated carbocycles. The fourth-order valence-electron chi connectivity index (χ4n) is 6.43. The van der Waals surface area contributed by atoms with Gasteiger partial charge in [-0.05, 0) is 19.8 Å². The molecule has 0 aliphatic heterocycles. The average molecular weight is 592 g/mol. The van der Waals surface area contributed by atoms with Crippen LogP contribution in [0.5, 0.6) is 0 Å². The maximum Gasteiger partial charge on any atom is 0.220 e. The number of carbonyl (C=O) groups is 1. The van der Waals surface area contributed by atoms with E-state index in [9.17, 15) is 4.79 Å².